The van der Waals surface area contributed by atoms with Gasteiger partial charge in [-0.15, -0.1) is 5.10 Å². The van der Waals surface area contributed by atoms with E-state index in [1.54, 1.807) is 13.8 Å². The number of rotatable bonds is 5. The molecule has 0 radical (unpaired) electrons. The van der Waals surface area contributed by atoms with Crippen LogP contribution in [-0.2, 0) is 16.9 Å². The maximum absolute atomic E-state index is 12.4. The van der Waals surface area contributed by atoms with E-state index in [1.165, 1.54) is 0 Å². The molecule has 7 heteroatoms. The molecule has 0 aliphatic carbocycles. The monoisotopic (exact) mass is 335 g/mol. The van der Waals surface area contributed by atoms with Crippen LogP contribution in [0, 0.1) is 11.8 Å². The van der Waals surface area contributed by atoms with E-state index in [0.717, 1.165) is 32.5 Å². The first-order valence-electron chi connectivity index (χ1n) is 8.91. The van der Waals surface area contributed by atoms with Gasteiger partial charge in [0.15, 0.2) is 0 Å². The summed E-state index contributed by atoms with van der Waals surface area (Å²) in [4.78, 5) is 14.8. The van der Waals surface area contributed by atoms with Crippen molar-refractivity contribution >= 4 is 5.91 Å². The van der Waals surface area contributed by atoms with Gasteiger partial charge in [0.2, 0.25) is 5.91 Å². The van der Waals surface area contributed by atoms with Crippen molar-refractivity contribution < 1.29 is 9.90 Å². The van der Waals surface area contributed by atoms with Gasteiger partial charge in [0, 0.05) is 18.6 Å². The predicted octanol–water partition coefficient (Wildman–Crippen LogP) is 0.740. The molecule has 4 heterocycles. The van der Waals surface area contributed by atoms with Crippen molar-refractivity contribution in [2.24, 2.45) is 11.8 Å². The first-order chi connectivity index (χ1) is 11.2. The molecule has 3 aliphatic rings. The van der Waals surface area contributed by atoms with Crippen LogP contribution >= 0.6 is 0 Å². The lowest BCUT2D eigenvalue weighted by atomic mass is 9.75. The SMILES string of the molecule is CC(C)NC(=O)[C@H]1CN2CC[C@H]1C[C@@H]2Cn1cc(C(C)(C)O)nn1. The molecular formula is C17H29N5O2. The van der Waals surface area contributed by atoms with Crippen molar-refractivity contribution in [2.45, 2.75) is 64.8 Å². The third-order valence-corrected chi connectivity index (χ3v) is 5.21. The number of nitrogens with one attached hydrogen (secondary N) is 1. The Morgan fingerprint density at radius 1 is 1.50 bits per heavy atom. The predicted molar refractivity (Wildman–Crippen MR) is 90.1 cm³/mol. The number of hydrogen-bond acceptors (Lipinski definition) is 5. The van der Waals surface area contributed by atoms with E-state index in [2.05, 4.69) is 20.5 Å². The molecule has 134 valence electrons. The van der Waals surface area contributed by atoms with Crippen LogP contribution in [0.25, 0.3) is 0 Å². The molecule has 4 atom stereocenters. The molecule has 3 fully saturated rings. The van der Waals surface area contributed by atoms with Crippen LogP contribution in [0.2, 0.25) is 0 Å². The molecule has 24 heavy (non-hydrogen) atoms. The van der Waals surface area contributed by atoms with Gasteiger partial charge in [0.1, 0.15) is 11.3 Å². The summed E-state index contributed by atoms with van der Waals surface area (Å²) in [6, 6.07) is 0.586. The van der Waals surface area contributed by atoms with Gasteiger partial charge >= 0.3 is 0 Å². The van der Waals surface area contributed by atoms with Crippen molar-refractivity contribution in [1.29, 1.82) is 0 Å². The number of aliphatic hydroxyl groups is 1. The van der Waals surface area contributed by atoms with Gasteiger partial charge in [-0.3, -0.25) is 14.4 Å². The van der Waals surface area contributed by atoms with E-state index in [4.69, 9.17) is 0 Å². The number of nitrogens with zero attached hydrogens (tertiary/aromatic N) is 4. The van der Waals surface area contributed by atoms with E-state index in [9.17, 15) is 9.90 Å². The smallest absolute Gasteiger partial charge is 0.224 e. The minimum absolute atomic E-state index is 0.111. The summed E-state index contributed by atoms with van der Waals surface area (Å²) in [7, 11) is 0. The second kappa shape index (κ2) is 6.44. The number of carbonyl (C=O) groups excluding carboxylic acids is 1. The normalized spacial score (nSPS) is 29.9. The van der Waals surface area contributed by atoms with Crippen LogP contribution in [0.5, 0.6) is 0 Å². The van der Waals surface area contributed by atoms with Crippen molar-refractivity contribution in [3.05, 3.63) is 11.9 Å². The minimum Gasteiger partial charge on any atom is -0.384 e. The van der Waals surface area contributed by atoms with Crippen LogP contribution in [0.1, 0.15) is 46.2 Å². The third-order valence-electron chi connectivity index (χ3n) is 5.21. The molecule has 0 aromatic carbocycles. The first-order valence-corrected chi connectivity index (χ1v) is 8.91. The number of aromatic nitrogens is 3. The summed E-state index contributed by atoms with van der Waals surface area (Å²) >= 11 is 0. The Hall–Kier alpha value is -1.47. The second-order valence-corrected chi connectivity index (χ2v) is 8.09. The van der Waals surface area contributed by atoms with Gasteiger partial charge < -0.3 is 10.4 Å². The average Bonchev–Trinajstić information content (AvgIpc) is 2.96. The number of carbonyl (C=O) groups is 1. The fourth-order valence-corrected chi connectivity index (χ4v) is 3.90. The maximum Gasteiger partial charge on any atom is 0.224 e. The molecule has 1 amide bonds. The molecule has 3 aliphatic heterocycles. The Labute approximate surface area is 143 Å². The topological polar surface area (TPSA) is 83.3 Å². The van der Waals surface area contributed by atoms with Crippen LogP contribution in [0.3, 0.4) is 0 Å². The highest BCUT2D eigenvalue weighted by atomic mass is 16.3. The van der Waals surface area contributed by atoms with E-state index >= 15 is 0 Å². The number of amides is 1. The molecule has 2 N–H and O–H groups in total. The summed E-state index contributed by atoms with van der Waals surface area (Å²) in [6.45, 7) is 10.1. The average molecular weight is 335 g/mol. The zero-order valence-electron chi connectivity index (χ0n) is 15.1. The molecule has 4 rings (SSSR count). The molecule has 0 saturated carbocycles. The minimum atomic E-state index is -0.968. The quantitative estimate of drug-likeness (QED) is 0.829. The van der Waals surface area contributed by atoms with Crippen molar-refractivity contribution in [1.82, 2.24) is 25.2 Å². The van der Waals surface area contributed by atoms with Gasteiger partial charge in [-0.2, -0.15) is 0 Å². The molecule has 3 saturated heterocycles. The van der Waals surface area contributed by atoms with Gasteiger partial charge in [0.05, 0.1) is 18.7 Å². The molecule has 1 unspecified atom stereocenters. The highest BCUT2D eigenvalue weighted by Crippen LogP contribution is 2.37. The van der Waals surface area contributed by atoms with Crippen LogP contribution in [0.4, 0.5) is 0 Å². The largest absolute Gasteiger partial charge is 0.384 e. The van der Waals surface area contributed by atoms with E-state index in [1.807, 2.05) is 24.7 Å². The Balaban J connectivity index is 1.62. The fourth-order valence-electron chi connectivity index (χ4n) is 3.90. The Morgan fingerprint density at radius 2 is 2.25 bits per heavy atom. The van der Waals surface area contributed by atoms with E-state index in [-0.39, 0.29) is 17.9 Å². The lowest BCUT2D eigenvalue weighted by molar-refractivity contribution is -0.133. The number of piperidine rings is 3. The highest BCUT2D eigenvalue weighted by molar-refractivity contribution is 5.79. The third kappa shape index (κ3) is 3.62. The van der Waals surface area contributed by atoms with Gasteiger partial charge in [-0.1, -0.05) is 5.21 Å². The van der Waals surface area contributed by atoms with E-state index in [0.29, 0.717) is 17.7 Å². The Bertz CT molecular complexity index is 592. The van der Waals surface area contributed by atoms with E-state index < -0.39 is 5.60 Å². The fraction of sp³-hybridized carbons (Fsp3) is 0.824. The van der Waals surface area contributed by atoms with Gasteiger partial charge in [0.25, 0.3) is 0 Å². The maximum atomic E-state index is 12.4. The second-order valence-electron chi connectivity index (χ2n) is 8.09. The molecule has 1 aromatic rings. The van der Waals surface area contributed by atoms with Crippen LogP contribution in [0.15, 0.2) is 6.20 Å². The molecule has 2 bridgehead atoms. The standard InChI is InChI=1S/C17H29N5O2/c1-11(2)18-16(23)14-9-21-6-5-12(14)7-13(21)8-22-10-15(19-20-22)17(3,4)24/h10-14,24H,5-9H2,1-4H3,(H,18,23)/t12-,13+,14-/m0/s1. The van der Waals surface area contributed by atoms with Crippen molar-refractivity contribution in [3.8, 4) is 0 Å². The van der Waals surface area contributed by atoms with Crippen molar-refractivity contribution in [2.75, 3.05) is 13.1 Å². The van der Waals surface area contributed by atoms with Gasteiger partial charge in [-0.25, -0.2) is 0 Å². The number of hydrogen-bond donors (Lipinski definition) is 2. The highest BCUT2D eigenvalue weighted by Gasteiger charge is 2.43. The lowest BCUT2D eigenvalue weighted by Gasteiger charge is -2.49. The lowest BCUT2D eigenvalue weighted by Crippen LogP contribution is -2.58. The summed E-state index contributed by atoms with van der Waals surface area (Å²) in [5.41, 5.74) is -0.378. The Morgan fingerprint density at radius 3 is 2.79 bits per heavy atom. The zero-order chi connectivity index (χ0) is 17.5. The summed E-state index contributed by atoms with van der Waals surface area (Å²) in [6.07, 6.45) is 3.94. The molecular weight excluding hydrogens is 306 g/mol. The molecule has 0 spiro atoms. The number of fused-ring (bicyclic) bond motifs is 3. The van der Waals surface area contributed by atoms with Gasteiger partial charge in [-0.05, 0) is 53.0 Å². The molecule has 1 aromatic heterocycles. The van der Waals surface area contributed by atoms with Crippen LogP contribution in [-0.4, -0.2) is 56.1 Å². The van der Waals surface area contributed by atoms with Crippen molar-refractivity contribution in [3.63, 3.8) is 0 Å². The van der Waals surface area contributed by atoms with Crippen LogP contribution < -0.4 is 5.32 Å². The molecule has 7 nitrogen and oxygen atoms in total. The summed E-state index contributed by atoms with van der Waals surface area (Å²) in [5.74, 6) is 0.763. The summed E-state index contributed by atoms with van der Waals surface area (Å²) < 4.78 is 1.82. The Kier molecular flexibility index (Phi) is 4.66. The first kappa shape index (κ1) is 17.4. The summed E-state index contributed by atoms with van der Waals surface area (Å²) in [5, 5.41) is 21.3. The zero-order valence-corrected chi connectivity index (χ0v) is 15.1.